The molecule has 0 radical (unpaired) electrons. The average molecular weight is 583 g/mol. The molecule has 0 aliphatic rings. The third-order valence-electron chi connectivity index (χ3n) is 3.72. The Morgan fingerprint density at radius 1 is 0.647 bits per heavy atom. The lowest BCUT2D eigenvalue weighted by molar-refractivity contribution is 0.279. The number of hydrogen-bond donors (Lipinski definition) is 0. The number of aromatic nitrogens is 4. The van der Waals surface area contributed by atoms with Crippen LogP contribution in [0.15, 0.2) is 43.5 Å². The summed E-state index contributed by atoms with van der Waals surface area (Å²) in [5, 5.41) is 16.9. The van der Waals surface area contributed by atoms with Crippen molar-refractivity contribution in [1.29, 1.82) is 0 Å². The number of hydrogen-bond acceptors (Lipinski definition) is 14. The summed E-state index contributed by atoms with van der Waals surface area (Å²) in [7, 11) is 0. The van der Waals surface area contributed by atoms with Gasteiger partial charge in [0.15, 0.2) is 0 Å². The van der Waals surface area contributed by atoms with E-state index < -0.39 is 11.4 Å². The van der Waals surface area contributed by atoms with E-state index in [1.807, 2.05) is 52.0 Å². The van der Waals surface area contributed by atoms with Gasteiger partial charge in [0, 0.05) is 33.9 Å². The number of benzene rings is 1. The second kappa shape index (κ2) is 13.0. The van der Waals surface area contributed by atoms with E-state index >= 15 is 0 Å². The fraction of sp³-hybridized carbons (Fsp3) is 0.444. The van der Waals surface area contributed by atoms with Crippen molar-refractivity contribution < 1.29 is 26.9 Å². The Balaban J connectivity index is 1.71. The standard InChI is InChI=1S/C18H24N4O6P2S4/c1-5-23-29(31,24-6-2)33-17-21-19-15(27-17)13-9-11-14(12-10-13)16-20-22-18(28-16)34-30(32,25-7-3)26-8-4/h9-12H,5-8H2,1-4H3. The molecule has 1 aromatic carbocycles. The summed E-state index contributed by atoms with van der Waals surface area (Å²) < 4.78 is 33.9. The van der Waals surface area contributed by atoms with Crippen molar-refractivity contribution in [2.75, 3.05) is 26.4 Å². The van der Waals surface area contributed by atoms with E-state index in [1.165, 1.54) is 0 Å². The van der Waals surface area contributed by atoms with Gasteiger partial charge in [-0.1, -0.05) is 0 Å². The van der Waals surface area contributed by atoms with Crippen molar-refractivity contribution >= 4 is 57.8 Å². The van der Waals surface area contributed by atoms with Crippen molar-refractivity contribution in [3.63, 3.8) is 0 Å². The highest BCUT2D eigenvalue weighted by Gasteiger charge is 2.25. The van der Waals surface area contributed by atoms with Crippen LogP contribution in [0.2, 0.25) is 0 Å². The molecule has 0 aliphatic carbocycles. The van der Waals surface area contributed by atoms with E-state index in [9.17, 15) is 0 Å². The van der Waals surface area contributed by atoms with Crippen LogP contribution in [0, 0.1) is 0 Å². The minimum atomic E-state index is -2.59. The lowest BCUT2D eigenvalue weighted by atomic mass is 10.1. The normalized spacial score (nSPS) is 12.4. The predicted octanol–water partition coefficient (Wildman–Crippen LogP) is 6.57. The van der Waals surface area contributed by atoms with Crippen LogP contribution < -0.4 is 0 Å². The molecule has 0 saturated carbocycles. The summed E-state index contributed by atoms with van der Waals surface area (Å²) in [6.45, 7) is 9.20. The van der Waals surface area contributed by atoms with Gasteiger partial charge in [-0.05, 0) is 75.6 Å². The predicted molar refractivity (Wildman–Crippen MR) is 140 cm³/mol. The third-order valence-corrected chi connectivity index (χ3v) is 13.3. The Kier molecular flexibility index (Phi) is 10.7. The number of nitrogens with zero attached hydrogens (tertiary/aromatic N) is 4. The van der Waals surface area contributed by atoms with E-state index in [0.29, 0.717) is 48.7 Å². The lowest BCUT2D eigenvalue weighted by Crippen LogP contribution is -1.91. The van der Waals surface area contributed by atoms with Crippen LogP contribution >= 0.6 is 34.2 Å². The summed E-state index contributed by atoms with van der Waals surface area (Å²) in [5.74, 6) is 0.693. The van der Waals surface area contributed by atoms with E-state index in [2.05, 4.69) is 20.4 Å². The molecule has 3 rings (SSSR count). The Bertz CT molecular complexity index is 1050. The maximum atomic E-state index is 5.76. The topological polar surface area (TPSA) is 115 Å². The van der Waals surface area contributed by atoms with Gasteiger partial charge in [0.05, 0.1) is 26.4 Å². The zero-order chi connectivity index (χ0) is 24.6. The smallest absolute Gasteiger partial charge is 0.286 e. The number of rotatable bonds is 14. The largest absolute Gasteiger partial charge is 0.411 e. The van der Waals surface area contributed by atoms with Crippen molar-refractivity contribution in [2.45, 2.75) is 38.1 Å². The molecule has 0 saturated heterocycles. The van der Waals surface area contributed by atoms with Crippen LogP contribution in [-0.4, -0.2) is 46.8 Å². The molecule has 16 heteroatoms. The summed E-state index contributed by atoms with van der Waals surface area (Å²) in [6.07, 6.45) is 0. The van der Waals surface area contributed by atoms with Gasteiger partial charge < -0.3 is 26.9 Å². The SMILES string of the molecule is CCOP(=S)(OCC)Sc1nnc(-c2ccc(-c3nnc(SP(=S)(OCC)OCC)o3)cc2)o1. The molecule has 0 N–H and O–H groups in total. The fourth-order valence-corrected chi connectivity index (χ4v) is 10.8. The van der Waals surface area contributed by atoms with Gasteiger partial charge in [-0.25, -0.2) is 0 Å². The lowest BCUT2D eigenvalue weighted by Gasteiger charge is -2.17. The Hall–Kier alpha value is -0.660. The first kappa shape index (κ1) is 27.9. The maximum absolute atomic E-state index is 5.76. The molecule has 0 spiro atoms. The van der Waals surface area contributed by atoms with Crippen LogP contribution in [-0.2, 0) is 41.7 Å². The van der Waals surface area contributed by atoms with Crippen molar-refractivity contribution in [1.82, 2.24) is 20.4 Å². The molecule has 0 atom stereocenters. The first-order chi connectivity index (χ1) is 16.3. The summed E-state index contributed by atoms with van der Waals surface area (Å²) in [5.41, 5.74) is -3.73. The monoisotopic (exact) mass is 582 g/mol. The van der Waals surface area contributed by atoms with Gasteiger partial charge in [-0.2, -0.15) is 0 Å². The van der Waals surface area contributed by atoms with Gasteiger partial charge >= 0.3 is 0 Å². The zero-order valence-corrected chi connectivity index (χ0v) is 24.0. The van der Waals surface area contributed by atoms with Crippen LogP contribution in [0.4, 0.5) is 0 Å². The molecular weight excluding hydrogens is 558 g/mol. The van der Waals surface area contributed by atoms with Crippen LogP contribution in [0.25, 0.3) is 22.9 Å². The first-order valence-corrected chi connectivity index (χ1v) is 18.4. The van der Waals surface area contributed by atoms with E-state index in [-0.39, 0.29) is 0 Å². The second-order valence-electron chi connectivity index (χ2n) is 6.07. The molecule has 0 fully saturated rings. The molecular formula is C18H24N4O6P2S4. The summed E-state index contributed by atoms with van der Waals surface area (Å²) in [4.78, 5) is 0. The van der Waals surface area contributed by atoms with E-state index in [4.69, 9.17) is 50.5 Å². The molecule has 3 aromatic rings. The van der Waals surface area contributed by atoms with Gasteiger partial charge in [-0.3, -0.25) is 0 Å². The van der Waals surface area contributed by atoms with E-state index in [1.54, 1.807) is 0 Å². The molecule has 10 nitrogen and oxygen atoms in total. The Morgan fingerprint density at radius 3 is 1.26 bits per heavy atom. The molecule has 0 bridgehead atoms. The van der Waals surface area contributed by atoms with Crippen LogP contribution in [0.1, 0.15) is 27.7 Å². The third kappa shape index (κ3) is 7.67. The molecule has 0 aliphatic heterocycles. The van der Waals surface area contributed by atoms with Crippen LogP contribution in [0.3, 0.4) is 0 Å². The highest BCUT2D eigenvalue weighted by Crippen LogP contribution is 2.64. The van der Waals surface area contributed by atoms with Gasteiger partial charge in [0.1, 0.15) is 0 Å². The average Bonchev–Trinajstić information content (AvgIpc) is 3.44. The van der Waals surface area contributed by atoms with Crippen molar-refractivity contribution in [3.05, 3.63) is 24.3 Å². The maximum Gasteiger partial charge on any atom is 0.286 e. The minimum Gasteiger partial charge on any atom is -0.411 e. The van der Waals surface area contributed by atoms with Gasteiger partial charge in [0.2, 0.25) is 11.8 Å². The van der Waals surface area contributed by atoms with Gasteiger partial charge in [-0.15, -0.1) is 20.4 Å². The molecule has 0 amide bonds. The van der Waals surface area contributed by atoms with Crippen molar-refractivity contribution in [3.8, 4) is 22.9 Å². The summed E-state index contributed by atoms with van der Waals surface area (Å²) >= 11 is 13.3. The van der Waals surface area contributed by atoms with E-state index in [0.717, 1.165) is 33.9 Å². The quantitative estimate of drug-likeness (QED) is 0.191. The molecule has 2 aromatic heterocycles. The van der Waals surface area contributed by atoms with Crippen molar-refractivity contribution in [2.24, 2.45) is 0 Å². The molecule has 34 heavy (non-hydrogen) atoms. The molecule has 2 heterocycles. The fourth-order valence-electron chi connectivity index (χ4n) is 2.49. The Labute approximate surface area is 216 Å². The second-order valence-corrected chi connectivity index (χ2v) is 18.2. The zero-order valence-electron chi connectivity index (χ0n) is 18.9. The van der Waals surface area contributed by atoms with Gasteiger partial charge in [0.25, 0.3) is 21.8 Å². The highest BCUT2D eigenvalue weighted by atomic mass is 32.9. The highest BCUT2D eigenvalue weighted by molar-refractivity contribution is 8.68. The molecule has 186 valence electrons. The first-order valence-electron chi connectivity index (χ1n) is 10.3. The molecule has 0 unspecified atom stereocenters. The Morgan fingerprint density at radius 2 is 0.971 bits per heavy atom. The summed E-state index contributed by atoms with van der Waals surface area (Å²) in [6, 6.07) is 7.28. The minimum absolute atomic E-state index is 0.294. The van der Waals surface area contributed by atoms with Crippen LogP contribution in [0.5, 0.6) is 0 Å².